The zero-order valence-electron chi connectivity index (χ0n) is 9.52. The molecule has 3 heteroatoms. The van der Waals surface area contributed by atoms with Crippen LogP contribution in [0.3, 0.4) is 0 Å². The van der Waals surface area contributed by atoms with Crippen LogP contribution >= 0.6 is 15.9 Å². The van der Waals surface area contributed by atoms with Crippen LogP contribution in [0.15, 0.2) is 58.1 Å². The van der Waals surface area contributed by atoms with Crippen molar-refractivity contribution in [3.05, 3.63) is 64.1 Å². The molecular weight excluding hydrogens is 276 g/mol. The minimum Gasteiger partial charge on any atom is -0.279 e. The molecule has 0 radical (unpaired) electrons. The first-order chi connectivity index (χ1) is 8.25. The summed E-state index contributed by atoms with van der Waals surface area (Å²) in [6, 6.07) is 16.0. The summed E-state index contributed by atoms with van der Waals surface area (Å²) in [5.41, 5.74) is 6.24. The minimum atomic E-state index is 0.979. The Hall–Kier alpha value is -1.61. The van der Waals surface area contributed by atoms with E-state index in [1.165, 1.54) is 5.56 Å². The molecule has 0 bridgehead atoms. The Morgan fingerprint density at radius 2 is 1.88 bits per heavy atom. The molecule has 2 aromatic carbocycles. The first kappa shape index (κ1) is 11.9. The highest BCUT2D eigenvalue weighted by Gasteiger charge is 1.96. The Kier molecular flexibility index (Phi) is 3.94. The monoisotopic (exact) mass is 288 g/mol. The van der Waals surface area contributed by atoms with Crippen LogP contribution in [-0.2, 0) is 0 Å². The molecule has 0 amide bonds. The largest absolute Gasteiger partial charge is 0.279 e. The van der Waals surface area contributed by atoms with Crippen LogP contribution in [0, 0.1) is 6.92 Å². The number of hydrogen-bond acceptors (Lipinski definition) is 2. The molecule has 0 saturated carbocycles. The lowest BCUT2D eigenvalue weighted by Crippen LogP contribution is -1.91. The number of aryl methyl sites for hydroxylation is 1. The third kappa shape index (κ3) is 3.43. The average Bonchev–Trinajstić information content (AvgIpc) is 2.33. The molecule has 0 aromatic heterocycles. The van der Waals surface area contributed by atoms with Gasteiger partial charge in [-0.2, -0.15) is 5.10 Å². The van der Waals surface area contributed by atoms with Crippen LogP contribution in [0.4, 0.5) is 5.69 Å². The number of nitrogens with one attached hydrogen (secondary N) is 1. The van der Waals surface area contributed by atoms with Gasteiger partial charge in [-0.15, -0.1) is 0 Å². The SMILES string of the molecule is Cc1ccc(/C=N/Nc2ccccc2)c(Br)c1. The molecule has 0 aliphatic carbocycles. The Balaban J connectivity index is 2.06. The zero-order valence-corrected chi connectivity index (χ0v) is 11.1. The van der Waals surface area contributed by atoms with Crippen molar-refractivity contribution in [2.45, 2.75) is 6.92 Å². The third-order valence-corrected chi connectivity index (χ3v) is 3.01. The van der Waals surface area contributed by atoms with E-state index in [1.807, 2.05) is 36.4 Å². The Morgan fingerprint density at radius 3 is 2.59 bits per heavy atom. The second kappa shape index (κ2) is 5.64. The van der Waals surface area contributed by atoms with E-state index in [9.17, 15) is 0 Å². The molecule has 1 N–H and O–H groups in total. The lowest BCUT2D eigenvalue weighted by atomic mass is 10.2. The van der Waals surface area contributed by atoms with Crippen molar-refractivity contribution in [3.8, 4) is 0 Å². The van der Waals surface area contributed by atoms with Crippen LogP contribution in [0.2, 0.25) is 0 Å². The van der Waals surface area contributed by atoms with Crippen molar-refractivity contribution in [1.29, 1.82) is 0 Å². The molecule has 0 unspecified atom stereocenters. The molecule has 0 heterocycles. The number of hydrogen-bond donors (Lipinski definition) is 1. The number of benzene rings is 2. The van der Waals surface area contributed by atoms with Gasteiger partial charge < -0.3 is 0 Å². The van der Waals surface area contributed by atoms with Gasteiger partial charge in [-0.25, -0.2) is 0 Å². The van der Waals surface area contributed by atoms with E-state index in [0.717, 1.165) is 15.7 Å². The summed E-state index contributed by atoms with van der Waals surface area (Å²) in [4.78, 5) is 0. The number of hydrazone groups is 1. The van der Waals surface area contributed by atoms with E-state index in [-0.39, 0.29) is 0 Å². The van der Waals surface area contributed by atoms with Gasteiger partial charge >= 0.3 is 0 Å². The highest BCUT2D eigenvalue weighted by atomic mass is 79.9. The highest BCUT2D eigenvalue weighted by molar-refractivity contribution is 9.10. The maximum Gasteiger partial charge on any atom is 0.0561 e. The van der Waals surface area contributed by atoms with Crippen molar-refractivity contribution in [2.24, 2.45) is 5.10 Å². The smallest absolute Gasteiger partial charge is 0.0561 e. The third-order valence-electron chi connectivity index (χ3n) is 2.33. The normalized spacial score (nSPS) is 10.7. The second-order valence-electron chi connectivity index (χ2n) is 3.76. The minimum absolute atomic E-state index is 0.979. The summed E-state index contributed by atoms with van der Waals surface area (Å²) in [6.45, 7) is 2.06. The standard InChI is InChI=1S/C14H13BrN2/c1-11-7-8-12(14(15)9-11)10-16-17-13-5-3-2-4-6-13/h2-10,17H,1H3/b16-10+. The van der Waals surface area contributed by atoms with E-state index < -0.39 is 0 Å². The fourth-order valence-corrected chi connectivity index (χ4v) is 2.02. The predicted molar refractivity (Wildman–Crippen MR) is 76.5 cm³/mol. The maximum absolute atomic E-state index is 4.20. The molecule has 0 atom stereocenters. The molecule has 0 fully saturated rings. The predicted octanol–water partition coefficient (Wildman–Crippen LogP) is 4.20. The van der Waals surface area contributed by atoms with E-state index >= 15 is 0 Å². The van der Waals surface area contributed by atoms with Crippen molar-refractivity contribution in [3.63, 3.8) is 0 Å². The summed E-state index contributed by atoms with van der Waals surface area (Å²) in [6.07, 6.45) is 1.80. The molecule has 0 aliphatic rings. The summed E-state index contributed by atoms with van der Waals surface area (Å²) >= 11 is 3.51. The second-order valence-corrected chi connectivity index (χ2v) is 4.62. The van der Waals surface area contributed by atoms with E-state index in [1.54, 1.807) is 6.21 Å². The molecule has 2 nitrogen and oxygen atoms in total. The fourth-order valence-electron chi connectivity index (χ4n) is 1.43. The average molecular weight is 289 g/mol. The van der Waals surface area contributed by atoms with Gasteiger partial charge in [0.1, 0.15) is 0 Å². The summed E-state index contributed by atoms with van der Waals surface area (Å²) in [5, 5.41) is 4.20. The molecule has 0 aliphatic heterocycles. The molecular formula is C14H13BrN2. The van der Waals surface area contributed by atoms with E-state index in [2.05, 4.69) is 45.5 Å². The Labute approximate surface area is 110 Å². The summed E-state index contributed by atoms with van der Waals surface area (Å²) < 4.78 is 1.05. The van der Waals surface area contributed by atoms with Gasteiger partial charge in [0, 0.05) is 10.0 Å². The van der Waals surface area contributed by atoms with Gasteiger partial charge in [-0.3, -0.25) is 5.43 Å². The molecule has 86 valence electrons. The van der Waals surface area contributed by atoms with Crippen LogP contribution in [0.1, 0.15) is 11.1 Å². The first-order valence-electron chi connectivity index (χ1n) is 5.36. The highest BCUT2D eigenvalue weighted by Crippen LogP contribution is 2.16. The van der Waals surface area contributed by atoms with Gasteiger partial charge in [0.15, 0.2) is 0 Å². The molecule has 0 spiro atoms. The van der Waals surface area contributed by atoms with Crippen molar-refractivity contribution in [2.75, 3.05) is 5.43 Å². The quantitative estimate of drug-likeness (QED) is 0.664. The van der Waals surface area contributed by atoms with Gasteiger partial charge in [0.2, 0.25) is 0 Å². The Morgan fingerprint density at radius 1 is 1.12 bits per heavy atom. The van der Waals surface area contributed by atoms with Crippen molar-refractivity contribution < 1.29 is 0 Å². The number of anilines is 1. The van der Waals surface area contributed by atoms with Crippen LogP contribution in [-0.4, -0.2) is 6.21 Å². The van der Waals surface area contributed by atoms with E-state index in [4.69, 9.17) is 0 Å². The molecule has 0 saturated heterocycles. The van der Waals surface area contributed by atoms with Gasteiger partial charge in [0.05, 0.1) is 11.9 Å². The lowest BCUT2D eigenvalue weighted by Gasteiger charge is -2.01. The number of halogens is 1. The van der Waals surface area contributed by atoms with Gasteiger partial charge in [-0.1, -0.05) is 46.3 Å². The number of nitrogens with zero attached hydrogens (tertiary/aromatic N) is 1. The first-order valence-corrected chi connectivity index (χ1v) is 6.15. The van der Waals surface area contributed by atoms with Crippen LogP contribution < -0.4 is 5.43 Å². The molecule has 2 aromatic rings. The topological polar surface area (TPSA) is 24.4 Å². The van der Waals surface area contributed by atoms with Crippen LogP contribution in [0.25, 0.3) is 0 Å². The lowest BCUT2D eigenvalue weighted by molar-refractivity contribution is 1.34. The summed E-state index contributed by atoms with van der Waals surface area (Å²) in [7, 11) is 0. The Bertz CT molecular complexity index is 521. The molecule has 2 rings (SSSR count). The van der Waals surface area contributed by atoms with Crippen molar-refractivity contribution >= 4 is 27.8 Å². The van der Waals surface area contributed by atoms with E-state index in [0.29, 0.717) is 0 Å². The molecule has 17 heavy (non-hydrogen) atoms. The van der Waals surface area contributed by atoms with Gasteiger partial charge in [0.25, 0.3) is 0 Å². The van der Waals surface area contributed by atoms with Crippen LogP contribution in [0.5, 0.6) is 0 Å². The van der Waals surface area contributed by atoms with Gasteiger partial charge in [-0.05, 0) is 30.7 Å². The number of para-hydroxylation sites is 1. The fraction of sp³-hybridized carbons (Fsp3) is 0.0714. The maximum atomic E-state index is 4.20. The number of rotatable bonds is 3. The van der Waals surface area contributed by atoms with Crippen molar-refractivity contribution in [1.82, 2.24) is 0 Å². The summed E-state index contributed by atoms with van der Waals surface area (Å²) in [5.74, 6) is 0. The zero-order chi connectivity index (χ0) is 12.1.